The Balaban J connectivity index is 2.19. The molecule has 2 atom stereocenters. The summed E-state index contributed by atoms with van der Waals surface area (Å²) in [4.78, 5) is 18.6. The van der Waals surface area contributed by atoms with Crippen molar-refractivity contribution in [1.29, 1.82) is 0 Å². The Kier molecular flexibility index (Phi) is 3.29. The van der Waals surface area contributed by atoms with Gasteiger partial charge in [0.2, 0.25) is 5.91 Å². The minimum absolute atomic E-state index is 0.00403. The zero-order valence-electron chi connectivity index (χ0n) is 9.08. The fourth-order valence-corrected chi connectivity index (χ4v) is 2.64. The molecule has 0 spiro atoms. The first kappa shape index (κ1) is 10.9. The van der Waals surface area contributed by atoms with Crippen LogP contribution >= 0.6 is 11.6 Å². The number of amidine groups is 1. The molecule has 0 aromatic rings. The Bertz CT molecular complexity index is 290. The van der Waals surface area contributed by atoms with Gasteiger partial charge in [-0.1, -0.05) is 0 Å². The molecule has 2 rings (SSSR count). The highest BCUT2D eigenvalue weighted by Crippen LogP contribution is 2.26. The first-order chi connectivity index (χ1) is 7.24. The van der Waals surface area contributed by atoms with Gasteiger partial charge in [-0.05, 0) is 26.2 Å². The van der Waals surface area contributed by atoms with Crippen LogP contribution in [-0.2, 0) is 4.79 Å². The third-order valence-corrected chi connectivity index (χ3v) is 3.50. The lowest BCUT2D eigenvalue weighted by molar-refractivity contribution is -0.133. The molecule has 2 aliphatic heterocycles. The minimum atomic E-state index is 0.00403. The Hall–Kier alpha value is -0.570. The summed E-state index contributed by atoms with van der Waals surface area (Å²) in [7, 11) is 0. The Morgan fingerprint density at radius 1 is 1.53 bits per heavy atom. The molecule has 0 saturated carbocycles. The van der Waals surface area contributed by atoms with Crippen LogP contribution in [0.25, 0.3) is 0 Å². The van der Waals surface area contributed by atoms with E-state index in [-0.39, 0.29) is 17.9 Å². The molecular weight excluding hydrogens is 212 g/mol. The normalized spacial score (nSPS) is 31.2. The molecule has 2 heterocycles. The average molecular weight is 229 g/mol. The number of aliphatic imine (C=N–C) groups is 1. The summed E-state index contributed by atoms with van der Waals surface area (Å²) < 4.78 is 0. The zero-order chi connectivity index (χ0) is 10.8. The van der Waals surface area contributed by atoms with Gasteiger partial charge in [0.25, 0.3) is 0 Å². The number of halogens is 1. The second-order valence-electron chi connectivity index (χ2n) is 4.32. The maximum absolute atomic E-state index is 12.1. The fourth-order valence-electron chi connectivity index (χ4n) is 2.40. The predicted octanol–water partition coefficient (Wildman–Crippen LogP) is 2.04. The predicted molar refractivity (Wildman–Crippen MR) is 61.3 cm³/mol. The number of carbonyl (C=O) groups excluding carboxylic acids is 1. The van der Waals surface area contributed by atoms with Crippen LogP contribution in [0.4, 0.5) is 0 Å². The summed E-state index contributed by atoms with van der Waals surface area (Å²) in [6.45, 7) is 2.87. The molecule has 0 radical (unpaired) electrons. The van der Waals surface area contributed by atoms with Gasteiger partial charge in [0, 0.05) is 18.8 Å². The van der Waals surface area contributed by atoms with Crippen molar-refractivity contribution in [3.63, 3.8) is 0 Å². The Morgan fingerprint density at radius 2 is 2.33 bits per heavy atom. The molecule has 0 N–H and O–H groups in total. The molecule has 1 saturated heterocycles. The van der Waals surface area contributed by atoms with Gasteiger partial charge in [-0.25, -0.2) is 0 Å². The van der Waals surface area contributed by atoms with Crippen molar-refractivity contribution in [3.05, 3.63) is 0 Å². The van der Waals surface area contributed by atoms with E-state index in [0.29, 0.717) is 5.88 Å². The number of rotatable bonds is 2. The number of fused-ring (bicyclic) bond motifs is 1. The zero-order valence-corrected chi connectivity index (χ0v) is 9.83. The number of hydrogen-bond acceptors (Lipinski definition) is 2. The van der Waals surface area contributed by atoms with E-state index < -0.39 is 0 Å². The lowest BCUT2D eigenvalue weighted by atomic mass is 9.93. The van der Waals surface area contributed by atoms with E-state index >= 15 is 0 Å². The highest BCUT2D eigenvalue weighted by molar-refractivity contribution is 6.18. The van der Waals surface area contributed by atoms with Crippen LogP contribution in [0.15, 0.2) is 4.99 Å². The van der Waals surface area contributed by atoms with Crippen molar-refractivity contribution >= 4 is 23.3 Å². The number of piperidine rings is 1. The van der Waals surface area contributed by atoms with E-state index in [1.54, 1.807) is 0 Å². The highest BCUT2D eigenvalue weighted by atomic mass is 35.5. The molecule has 4 heteroatoms. The number of alkyl halides is 1. The largest absolute Gasteiger partial charge is 0.300 e. The quantitative estimate of drug-likeness (QED) is 0.666. The second kappa shape index (κ2) is 4.52. The summed E-state index contributed by atoms with van der Waals surface area (Å²) in [5.74, 6) is 1.79. The lowest BCUT2D eigenvalue weighted by Crippen LogP contribution is -2.50. The maximum atomic E-state index is 12.1. The van der Waals surface area contributed by atoms with E-state index in [9.17, 15) is 4.79 Å². The molecule has 1 amide bonds. The van der Waals surface area contributed by atoms with Crippen LogP contribution in [-0.4, -0.2) is 35.1 Å². The van der Waals surface area contributed by atoms with Gasteiger partial charge in [-0.2, -0.15) is 0 Å². The molecule has 0 aliphatic carbocycles. The van der Waals surface area contributed by atoms with E-state index in [4.69, 9.17) is 11.6 Å². The van der Waals surface area contributed by atoms with Crippen LogP contribution in [0.2, 0.25) is 0 Å². The third-order valence-electron chi connectivity index (χ3n) is 3.28. The van der Waals surface area contributed by atoms with E-state index in [1.807, 2.05) is 11.8 Å². The minimum Gasteiger partial charge on any atom is -0.300 e. The molecular formula is C11H17ClN2O. The van der Waals surface area contributed by atoms with E-state index in [0.717, 1.165) is 38.1 Å². The molecule has 0 unspecified atom stereocenters. The number of hydrogen-bond donors (Lipinski definition) is 0. The van der Waals surface area contributed by atoms with Crippen LogP contribution in [0.3, 0.4) is 0 Å². The van der Waals surface area contributed by atoms with Crippen molar-refractivity contribution < 1.29 is 4.79 Å². The molecule has 84 valence electrons. The Labute approximate surface area is 95.5 Å². The molecule has 1 fully saturated rings. The van der Waals surface area contributed by atoms with Gasteiger partial charge < -0.3 is 4.90 Å². The van der Waals surface area contributed by atoms with Crippen LogP contribution < -0.4 is 0 Å². The van der Waals surface area contributed by atoms with Crippen molar-refractivity contribution in [1.82, 2.24) is 4.90 Å². The van der Waals surface area contributed by atoms with Gasteiger partial charge in [-0.3, -0.25) is 9.79 Å². The monoisotopic (exact) mass is 228 g/mol. The summed E-state index contributed by atoms with van der Waals surface area (Å²) in [6, 6.07) is 0.112. The SMILES string of the molecule is C[C@@H]1N=C2CCCCN2C(=O)[C@@H]1CCCl. The maximum Gasteiger partial charge on any atom is 0.233 e. The average Bonchev–Trinajstić information content (AvgIpc) is 2.24. The lowest BCUT2D eigenvalue weighted by Gasteiger charge is -2.37. The third kappa shape index (κ3) is 2.03. The van der Waals surface area contributed by atoms with Gasteiger partial charge in [0.1, 0.15) is 5.84 Å². The van der Waals surface area contributed by atoms with Crippen molar-refractivity contribution in [2.45, 2.75) is 38.6 Å². The van der Waals surface area contributed by atoms with Crippen molar-refractivity contribution in [2.24, 2.45) is 10.9 Å². The van der Waals surface area contributed by atoms with Crippen LogP contribution in [0.5, 0.6) is 0 Å². The first-order valence-electron chi connectivity index (χ1n) is 5.68. The van der Waals surface area contributed by atoms with Gasteiger partial charge in [0.05, 0.1) is 12.0 Å². The summed E-state index contributed by atoms with van der Waals surface area (Å²) >= 11 is 5.72. The topological polar surface area (TPSA) is 32.7 Å². The highest BCUT2D eigenvalue weighted by Gasteiger charge is 2.36. The molecule has 0 aromatic carbocycles. The Morgan fingerprint density at radius 3 is 3.07 bits per heavy atom. The smallest absolute Gasteiger partial charge is 0.233 e. The molecule has 15 heavy (non-hydrogen) atoms. The van der Waals surface area contributed by atoms with E-state index in [1.165, 1.54) is 0 Å². The molecule has 3 nitrogen and oxygen atoms in total. The standard InChI is InChI=1S/C11H17ClN2O/c1-8-9(5-6-12)11(15)14-7-3-2-4-10(14)13-8/h8-9H,2-7H2,1H3/t8-,9+/m0/s1. The van der Waals surface area contributed by atoms with Crippen LogP contribution in [0.1, 0.15) is 32.6 Å². The number of amides is 1. The second-order valence-corrected chi connectivity index (χ2v) is 4.70. The van der Waals surface area contributed by atoms with Gasteiger partial charge in [0.15, 0.2) is 0 Å². The summed E-state index contributed by atoms with van der Waals surface area (Å²) in [5, 5.41) is 0. The van der Waals surface area contributed by atoms with Crippen molar-refractivity contribution in [2.75, 3.05) is 12.4 Å². The molecule has 0 aromatic heterocycles. The van der Waals surface area contributed by atoms with Gasteiger partial charge in [-0.15, -0.1) is 11.6 Å². The van der Waals surface area contributed by atoms with E-state index in [2.05, 4.69) is 4.99 Å². The number of nitrogens with zero attached hydrogens (tertiary/aromatic N) is 2. The van der Waals surface area contributed by atoms with Crippen LogP contribution in [0, 0.1) is 5.92 Å². The molecule has 0 bridgehead atoms. The van der Waals surface area contributed by atoms with Crippen molar-refractivity contribution in [3.8, 4) is 0 Å². The summed E-state index contributed by atoms with van der Waals surface area (Å²) in [5.41, 5.74) is 0. The van der Waals surface area contributed by atoms with Gasteiger partial charge >= 0.3 is 0 Å². The summed E-state index contributed by atoms with van der Waals surface area (Å²) in [6.07, 6.45) is 3.97. The first-order valence-corrected chi connectivity index (χ1v) is 6.21. The fraction of sp³-hybridized carbons (Fsp3) is 0.818. The number of carbonyl (C=O) groups is 1. The molecule has 2 aliphatic rings.